The summed E-state index contributed by atoms with van der Waals surface area (Å²) in [4.78, 5) is 31.5. The molecule has 2 fully saturated rings. The molecule has 0 radical (unpaired) electrons. The summed E-state index contributed by atoms with van der Waals surface area (Å²) in [5, 5.41) is 19.4. The number of aliphatic hydroxyl groups is 1. The summed E-state index contributed by atoms with van der Waals surface area (Å²) in [5.74, 6) is -4.21. The van der Waals surface area contributed by atoms with Gasteiger partial charge in [0, 0.05) is 34.7 Å². The fourth-order valence-corrected chi connectivity index (χ4v) is 7.95. The lowest BCUT2D eigenvalue weighted by Gasteiger charge is -2.30. The van der Waals surface area contributed by atoms with E-state index in [1.54, 1.807) is 12.1 Å². The standard InChI is InChI=1S/C38H32F7N5O3/c1-35(2,53)8-7-22-4-5-23(19-3-6-26-25(14-19)34(52)48-36(26)9-10-36)31(46-22)28(13-18-11-20(39)15-21(40)12-18)47-29(51)17-50-33-30(32(49-50)38(43,44)45)24-16-27(24)37(33,41)42/h3-4,6,11-12,14-15,23-24,27-28,53H,5,9-10,13,16-17H2,1-2H3,(H,47,51)(H,48,52)/t23?,24-,27+,28-/m0/s1. The van der Waals surface area contributed by atoms with Crippen LogP contribution in [0.4, 0.5) is 30.7 Å². The van der Waals surface area contributed by atoms with Crippen molar-refractivity contribution in [1.29, 1.82) is 0 Å². The van der Waals surface area contributed by atoms with Gasteiger partial charge in [0.1, 0.15) is 35.2 Å². The maximum atomic E-state index is 15.3. The van der Waals surface area contributed by atoms with E-state index < -0.39 is 88.1 Å². The van der Waals surface area contributed by atoms with E-state index >= 15 is 8.78 Å². The Morgan fingerprint density at radius 3 is 2.51 bits per heavy atom. The van der Waals surface area contributed by atoms with E-state index in [4.69, 9.17) is 4.99 Å². The molecule has 2 amide bonds. The molecule has 8 rings (SSSR count). The highest BCUT2D eigenvalue weighted by Crippen LogP contribution is 2.68. The smallest absolute Gasteiger partial charge is 0.378 e. The van der Waals surface area contributed by atoms with Gasteiger partial charge in [-0.3, -0.25) is 14.3 Å². The molecule has 3 aliphatic carbocycles. The number of amides is 2. The minimum Gasteiger partial charge on any atom is -0.378 e. The van der Waals surface area contributed by atoms with E-state index in [-0.39, 0.29) is 42.1 Å². The minimum absolute atomic E-state index is 0.0860. The molecule has 1 aromatic heterocycles. The van der Waals surface area contributed by atoms with Crippen LogP contribution >= 0.6 is 0 Å². The Morgan fingerprint density at radius 2 is 1.85 bits per heavy atom. The quantitative estimate of drug-likeness (QED) is 0.200. The molecule has 15 heteroatoms. The van der Waals surface area contributed by atoms with Gasteiger partial charge in [0.2, 0.25) is 5.91 Å². The molecule has 53 heavy (non-hydrogen) atoms. The Hall–Kier alpha value is -4.97. The number of aliphatic imine (C=N–C) groups is 1. The van der Waals surface area contributed by atoms with E-state index in [1.807, 2.05) is 12.1 Å². The second-order valence-corrected chi connectivity index (χ2v) is 15.0. The molecule has 0 saturated heterocycles. The molecular weight excluding hydrogens is 707 g/mol. The third-order valence-corrected chi connectivity index (χ3v) is 10.5. The number of carbonyl (C=O) groups is 2. The molecule has 2 aromatic carbocycles. The molecule has 3 aromatic rings. The molecule has 3 heterocycles. The third-order valence-electron chi connectivity index (χ3n) is 10.5. The highest BCUT2D eigenvalue weighted by atomic mass is 19.4. The molecule has 2 aliphatic heterocycles. The topological polar surface area (TPSA) is 109 Å². The van der Waals surface area contributed by atoms with Crippen molar-refractivity contribution >= 4 is 17.5 Å². The second-order valence-electron chi connectivity index (χ2n) is 15.0. The zero-order chi connectivity index (χ0) is 37.8. The Morgan fingerprint density at radius 1 is 1.13 bits per heavy atom. The van der Waals surface area contributed by atoms with Crippen LogP contribution in [0.2, 0.25) is 0 Å². The van der Waals surface area contributed by atoms with Gasteiger partial charge in [0.15, 0.2) is 5.69 Å². The first kappa shape index (κ1) is 35.1. The normalized spacial score (nSPS) is 23.5. The molecule has 4 atom stereocenters. The van der Waals surface area contributed by atoms with E-state index in [1.165, 1.54) is 13.8 Å². The summed E-state index contributed by atoms with van der Waals surface area (Å²) in [5.41, 5.74) is -2.38. The van der Waals surface area contributed by atoms with Crippen molar-refractivity contribution in [1.82, 2.24) is 20.4 Å². The first-order chi connectivity index (χ1) is 24.8. The highest BCUT2D eigenvalue weighted by Gasteiger charge is 2.68. The maximum Gasteiger partial charge on any atom is 0.435 e. The Kier molecular flexibility index (Phi) is 7.79. The second kappa shape index (κ2) is 11.8. The zero-order valence-electron chi connectivity index (χ0n) is 28.3. The molecule has 8 nitrogen and oxygen atoms in total. The summed E-state index contributed by atoms with van der Waals surface area (Å²) < 4.78 is 102. The lowest BCUT2D eigenvalue weighted by atomic mass is 9.82. The van der Waals surface area contributed by atoms with Crippen LogP contribution in [-0.4, -0.2) is 44.1 Å². The van der Waals surface area contributed by atoms with Crippen LogP contribution in [0.25, 0.3) is 0 Å². The fourth-order valence-electron chi connectivity index (χ4n) is 7.95. The van der Waals surface area contributed by atoms with Gasteiger partial charge in [0.25, 0.3) is 11.8 Å². The average Bonchev–Trinajstić information content (AvgIpc) is 3.95. The zero-order valence-corrected chi connectivity index (χ0v) is 28.3. The Balaban J connectivity index is 1.19. The number of hydrogen-bond acceptors (Lipinski definition) is 5. The van der Waals surface area contributed by atoms with Crippen molar-refractivity contribution in [2.45, 2.75) is 93.6 Å². The van der Waals surface area contributed by atoms with Crippen LogP contribution in [0.3, 0.4) is 0 Å². The number of carbonyl (C=O) groups excluding carboxylic acids is 2. The predicted octanol–water partition coefficient (Wildman–Crippen LogP) is 6.14. The molecule has 3 N–H and O–H groups in total. The van der Waals surface area contributed by atoms with Gasteiger partial charge < -0.3 is 15.7 Å². The number of alkyl halides is 5. The van der Waals surface area contributed by atoms with Gasteiger partial charge in [0.05, 0.1) is 11.6 Å². The summed E-state index contributed by atoms with van der Waals surface area (Å²) in [6.07, 6.45) is -1.92. The maximum absolute atomic E-state index is 15.3. The molecule has 0 bridgehead atoms. The fraction of sp³-hybridized carbons (Fsp3) is 0.421. The van der Waals surface area contributed by atoms with Crippen molar-refractivity contribution in [3.63, 3.8) is 0 Å². The van der Waals surface area contributed by atoms with Crippen molar-refractivity contribution in [2.75, 3.05) is 0 Å². The van der Waals surface area contributed by atoms with E-state index in [9.17, 15) is 36.6 Å². The molecule has 5 aliphatic rings. The van der Waals surface area contributed by atoms with Gasteiger partial charge in [-0.2, -0.15) is 27.1 Å². The van der Waals surface area contributed by atoms with Crippen molar-refractivity contribution < 1.29 is 45.4 Å². The number of hydrogen-bond donors (Lipinski definition) is 3. The highest BCUT2D eigenvalue weighted by molar-refractivity contribution is 6.03. The first-order valence-corrected chi connectivity index (χ1v) is 17.1. The van der Waals surface area contributed by atoms with E-state index in [2.05, 4.69) is 27.6 Å². The first-order valence-electron chi connectivity index (χ1n) is 17.1. The van der Waals surface area contributed by atoms with E-state index in [0.717, 1.165) is 30.5 Å². The largest absolute Gasteiger partial charge is 0.435 e. The van der Waals surface area contributed by atoms with Crippen LogP contribution < -0.4 is 10.6 Å². The number of rotatable bonds is 7. The number of fused-ring (bicyclic) bond motifs is 5. The van der Waals surface area contributed by atoms with Gasteiger partial charge in [-0.25, -0.2) is 13.8 Å². The lowest BCUT2D eigenvalue weighted by molar-refractivity contribution is -0.142. The molecule has 1 spiro atoms. The van der Waals surface area contributed by atoms with E-state index in [0.29, 0.717) is 21.9 Å². The SMILES string of the molecule is CC(C)(O)C#CC1=CCC(c2ccc3c(c2)C(=O)NC32CC2)C([C@H](Cc2cc(F)cc(F)c2)NC(=O)Cn2nc(C(F)(F)F)c3c2C(F)(F)[C@@H]2C[C@H]32)=N1. The van der Waals surface area contributed by atoms with Crippen molar-refractivity contribution in [2.24, 2.45) is 10.9 Å². The van der Waals surface area contributed by atoms with Crippen LogP contribution in [0.15, 0.2) is 53.2 Å². The number of nitrogens with zero attached hydrogens (tertiary/aromatic N) is 3. The minimum atomic E-state index is -5.04. The van der Waals surface area contributed by atoms with Crippen molar-refractivity contribution in [3.05, 3.63) is 99.0 Å². The third kappa shape index (κ3) is 6.30. The summed E-state index contributed by atoms with van der Waals surface area (Å²) in [6, 6.07) is 6.93. The van der Waals surface area contributed by atoms with Crippen molar-refractivity contribution in [3.8, 4) is 11.8 Å². The summed E-state index contributed by atoms with van der Waals surface area (Å²) in [7, 11) is 0. The number of aromatic nitrogens is 2. The van der Waals surface area contributed by atoms with Crippen LogP contribution in [-0.2, 0) is 35.4 Å². The molecule has 1 unspecified atom stereocenters. The number of benzene rings is 2. The monoisotopic (exact) mass is 739 g/mol. The lowest BCUT2D eigenvalue weighted by Crippen LogP contribution is -2.46. The number of allylic oxidation sites excluding steroid dienone is 2. The van der Waals surface area contributed by atoms with Gasteiger partial charge in [-0.05, 0) is 98.8 Å². The van der Waals surface area contributed by atoms with Crippen LogP contribution in [0.5, 0.6) is 0 Å². The average molecular weight is 740 g/mol. The predicted molar refractivity (Wildman–Crippen MR) is 176 cm³/mol. The Bertz CT molecular complexity index is 2200. The summed E-state index contributed by atoms with van der Waals surface area (Å²) >= 11 is 0. The van der Waals surface area contributed by atoms with Gasteiger partial charge in [-0.15, -0.1) is 0 Å². The van der Waals surface area contributed by atoms with Gasteiger partial charge in [-0.1, -0.05) is 18.1 Å². The van der Waals surface area contributed by atoms with Crippen LogP contribution in [0.1, 0.15) is 95.4 Å². The van der Waals surface area contributed by atoms with Gasteiger partial charge >= 0.3 is 6.18 Å². The number of nitrogens with one attached hydrogen (secondary N) is 2. The molecule has 2 saturated carbocycles. The summed E-state index contributed by atoms with van der Waals surface area (Å²) in [6.45, 7) is 1.91. The van der Waals surface area contributed by atoms with Crippen LogP contribution in [0, 0.1) is 29.4 Å². The molecule has 276 valence electrons. The number of halogens is 7. The Labute approximate surface area is 298 Å². The molecular formula is C38H32F7N5O3.